The predicted molar refractivity (Wildman–Crippen MR) is 53.8 cm³/mol. The molecule has 0 atom stereocenters. The molecule has 0 spiro atoms. The van der Waals surface area contributed by atoms with Crippen molar-refractivity contribution in [1.82, 2.24) is 0 Å². The van der Waals surface area contributed by atoms with Crippen LogP contribution in [0.1, 0.15) is 5.56 Å². The first-order valence-electron chi connectivity index (χ1n) is 3.32. The van der Waals surface area contributed by atoms with Gasteiger partial charge in [-0.25, -0.2) is 0 Å². The van der Waals surface area contributed by atoms with Crippen molar-refractivity contribution in [2.24, 2.45) is 0 Å². The zero-order chi connectivity index (χ0) is 8.97. The molecular formula is C9H7ClOS. The molecule has 12 heavy (non-hydrogen) atoms. The second-order valence-electron chi connectivity index (χ2n) is 2.12. The third kappa shape index (κ3) is 2.37. The van der Waals surface area contributed by atoms with E-state index in [1.807, 2.05) is 0 Å². The van der Waals surface area contributed by atoms with Crippen LogP contribution in [0.2, 0.25) is 5.02 Å². The van der Waals surface area contributed by atoms with Crippen LogP contribution >= 0.6 is 24.2 Å². The summed E-state index contributed by atoms with van der Waals surface area (Å²) in [5.41, 5.74) is 0.577. The molecule has 1 rings (SSSR count). The molecule has 0 aromatic heterocycles. The van der Waals surface area contributed by atoms with E-state index in [2.05, 4.69) is 24.5 Å². The highest BCUT2D eigenvalue weighted by Gasteiger charge is 1.96. The third-order valence-corrected chi connectivity index (χ3v) is 1.66. The molecule has 0 aliphatic rings. The SMILES string of the molecule is Oc1cc(Cl)ccc1C#CCS. The fourth-order valence-electron chi connectivity index (χ4n) is 0.745. The van der Waals surface area contributed by atoms with E-state index in [1.54, 1.807) is 12.1 Å². The number of phenolic OH excluding ortho intramolecular Hbond substituents is 1. The summed E-state index contributed by atoms with van der Waals surface area (Å²) in [5.74, 6) is 6.07. The Morgan fingerprint density at radius 1 is 1.50 bits per heavy atom. The smallest absolute Gasteiger partial charge is 0.132 e. The normalized spacial score (nSPS) is 8.83. The average Bonchev–Trinajstić information content (AvgIpc) is 2.03. The molecule has 0 radical (unpaired) electrons. The van der Waals surface area contributed by atoms with Crippen LogP contribution in [-0.2, 0) is 0 Å². The molecule has 0 amide bonds. The van der Waals surface area contributed by atoms with Gasteiger partial charge in [-0.05, 0) is 18.2 Å². The minimum atomic E-state index is 0.108. The van der Waals surface area contributed by atoms with Crippen molar-refractivity contribution in [2.45, 2.75) is 0 Å². The summed E-state index contributed by atoms with van der Waals surface area (Å²) in [6.07, 6.45) is 0. The second-order valence-corrected chi connectivity index (χ2v) is 2.87. The maximum atomic E-state index is 9.31. The Hall–Kier alpha value is -0.780. The summed E-state index contributed by atoms with van der Waals surface area (Å²) in [6.45, 7) is 0. The van der Waals surface area contributed by atoms with Crippen LogP contribution in [0.25, 0.3) is 0 Å². The highest BCUT2D eigenvalue weighted by Crippen LogP contribution is 2.20. The largest absolute Gasteiger partial charge is 0.507 e. The van der Waals surface area contributed by atoms with Crippen LogP contribution < -0.4 is 0 Å². The molecule has 1 nitrogen and oxygen atoms in total. The van der Waals surface area contributed by atoms with Gasteiger partial charge in [0.15, 0.2) is 0 Å². The molecule has 0 fully saturated rings. The molecule has 0 unspecified atom stereocenters. The van der Waals surface area contributed by atoms with Crippen LogP contribution in [0.3, 0.4) is 0 Å². The maximum absolute atomic E-state index is 9.31. The Morgan fingerprint density at radius 2 is 2.25 bits per heavy atom. The van der Waals surface area contributed by atoms with Gasteiger partial charge in [-0.3, -0.25) is 0 Å². The van der Waals surface area contributed by atoms with Crippen molar-refractivity contribution < 1.29 is 5.11 Å². The number of hydrogen-bond donors (Lipinski definition) is 2. The molecule has 1 N–H and O–H groups in total. The zero-order valence-electron chi connectivity index (χ0n) is 6.21. The van der Waals surface area contributed by atoms with E-state index >= 15 is 0 Å². The third-order valence-electron chi connectivity index (χ3n) is 1.26. The second kappa shape index (κ2) is 4.30. The summed E-state index contributed by atoms with van der Waals surface area (Å²) in [5, 5.41) is 9.81. The van der Waals surface area contributed by atoms with Crippen LogP contribution in [0.5, 0.6) is 5.75 Å². The van der Waals surface area contributed by atoms with Crippen LogP contribution in [0.4, 0.5) is 0 Å². The molecule has 1 aromatic carbocycles. The molecule has 3 heteroatoms. The first-order chi connectivity index (χ1) is 5.74. The van der Waals surface area contributed by atoms with Gasteiger partial charge in [-0.15, -0.1) is 0 Å². The van der Waals surface area contributed by atoms with E-state index in [0.717, 1.165) is 0 Å². The van der Waals surface area contributed by atoms with Gasteiger partial charge in [-0.2, -0.15) is 12.6 Å². The quantitative estimate of drug-likeness (QED) is 0.484. The van der Waals surface area contributed by atoms with Gasteiger partial charge in [0, 0.05) is 5.02 Å². The number of aromatic hydroxyl groups is 1. The molecule has 0 aliphatic carbocycles. The van der Waals surface area contributed by atoms with Gasteiger partial charge in [0.1, 0.15) is 5.75 Å². The Morgan fingerprint density at radius 3 is 2.83 bits per heavy atom. The first kappa shape index (κ1) is 9.31. The topological polar surface area (TPSA) is 20.2 Å². The van der Waals surface area contributed by atoms with Crippen molar-refractivity contribution in [3.8, 4) is 17.6 Å². The average molecular weight is 199 g/mol. The fourth-order valence-corrected chi connectivity index (χ4v) is 0.991. The minimum Gasteiger partial charge on any atom is -0.507 e. The maximum Gasteiger partial charge on any atom is 0.132 e. The van der Waals surface area contributed by atoms with Crippen molar-refractivity contribution in [1.29, 1.82) is 0 Å². The Kier molecular flexibility index (Phi) is 3.33. The van der Waals surface area contributed by atoms with E-state index in [4.69, 9.17) is 11.6 Å². The number of thiol groups is 1. The van der Waals surface area contributed by atoms with Crippen LogP contribution in [0, 0.1) is 11.8 Å². The number of hydrogen-bond acceptors (Lipinski definition) is 2. The van der Waals surface area contributed by atoms with Crippen molar-refractivity contribution in [2.75, 3.05) is 5.75 Å². The molecule has 0 bridgehead atoms. The van der Waals surface area contributed by atoms with E-state index in [9.17, 15) is 5.11 Å². The van der Waals surface area contributed by atoms with Gasteiger partial charge in [0.05, 0.1) is 11.3 Å². The summed E-state index contributed by atoms with van der Waals surface area (Å²) in [6, 6.07) is 4.82. The Labute approximate surface area is 81.8 Å². The lowest BCUT2D eigenvalue weighted by Gasteiger charge is -1.95. The molecule has 0 heterocycles. The van der Waals surface area contributed by atoms with Gasteiger partial charge in [-0.1, -0.05) is 23.4 Å². The van der Waals surface area contributed by atoms with Crippen LogP contribution in [0.15, 0.2) is 18.2 Å². The Balaban J connectivity index is 3.01. The molecule has 62 valence electrons. The highest BCUT2D eigenvalue weighted by molar-refractivity contribution is 7.80. The standard InChI is InChI=1S/C9H7ClOS/c10-8-4-3-7(2-1-5-12)9(11)6-8/h3-4,6,11-12H,5H2. The van der Waals surface area contributed by atoms with Gasteiger partial charge < -0.3 is 5.11 Å². The lowest BCUT2D eigenvalue weighted by molar-refractivity contribution is 0.474. The minimum absolute atomic E-state index is 0.108. The molecule has 0 saturated carbocycles. The summed E-state index contributed by atoms with van der Waals surface area (Å²) in [7, 11) is 0. The highest BCUT2D eigenvalue weighted by atomic mass is 35.5. The van der Waals surface area contributed by atoms with Crippen molar-refractivity contribution in [3.63, 3.8) is 0 Å². The molecule has 1 aromatic rings. The number of halogens is 1. The van der Waals surface area contributed by atoms with Gasteiger partial charge in [0.25, 0.3) is 0 Å². The van der Waals surface area contributed by atoms with E-state index in [1.165, 1.54) is 6.07 Å². The number of benzene rings is 1. The van der Waals surface area contributed by atoms with E-state index in [-0.39, 0.29) is 5.75 Å². The lowest BCUT2D eigenvalue weighted by Crippen LogP contribution is -1.76. The zero-order valence-corrected chi connectivity index (χ0v) is 7.86. The predicted octanol–water partition coefficient (Wildman–Crippen LogP) is 2.33. The monoisotopic (exact) mass is 198 g/mol. The number of phenols is 1. The van der Waals surface area contributed by atoms with Gasteiger partial charge >= 0.3 is 0 Å². The van der Waals surface area contributed by atoms with E-state index in [0.29, 0.717) is 16.3 Å². The van der Waals surface area contributed by atoms with Crippen LogP contribution in [-0.4, -0.2) is 10.9 Å². The lowest BCUT2D eigenvalue weighted by atomic mass is 10.2. The van der Waals surface area contributed by atoms with Crippen molar-refractivity contribution in [3.05, 3.63) is 28.8 Å². The Bertz CT molecular complexity index is 338. The molecular weight excluding hydrogens is 192 g/mol. The summed E-state index contributed by atoms with van der Waals surface area (Å²) in [4.78, 5) is 0. The summed E-state index contributed by atoms with van der Waals surface area (Å²) >= 11 is 9.55. The molecule has 0 aliphatic heterocycles. The van der Waals surface area contributed by atoms with Gasteiger partial charge in [0.2, 0.25) is 0 Å². The fraction of sp³-hybridized carbons (Fsp3) is 0.111. The van der Waals surface area contributed by atoms with E-state index < -0.39 is 0 Å². The summed E-state index contributed by atoms with van der Waals surface area (Å²) < 4.78 is 0. The van der Waals surface area contributed by atoms with Crippen molar-refractivity contribution >= 4 is 24.2 Å². The number of rotatable bonds is 0. The first-order valence-corrected chi connectivity index (χ1v) is 4.33. The molecule has 0 saturated heterocycles.